The Kier molecular flexibility index (Phi) is 3.78. The van der Waals surface area contributed by atoms with Crippen LogP contribution in [0.1, 0.15) is 6.42 Å². The van der Waals surface area contributed by atoms with Gasteiger partial charge in [0.05, 0.1) is 0 Å². The summed E-state index contributed by atoms with van der Waals surface area (Å²) in [7, 11) is 0. The molecule has 5 heteroatoms. The van der Waals surface area contributed by atoms with Crippen LogP contribution in [-0.2, 0) is 0 Å². The minimum absolute atomic E-state index is 0. The number of nitrogens with one attached hydrogen (secondary N) is 1. The molecule has 0 amide bonds. The molecule has 1 aromatic heterocycles. The second-order valence-corrected chi connectivity index (χ2v) is 3.39. The molecule has 1 N–H and O–H groups in total. The molecule has 0 aliphatic carbocycles. The fourth-order valence-electron chi connectivity index (χ4n) is 1.14. The molecule has 0 bridgehead atoms. The molecule has 3 nitrogen and oxygen atoms in total. The Hall–Kier alpha value is -0.320. The van der Waals surface area contributed by atoms with Crippen LogP contribution in [0.4, 0.5) is 0 Å². The highest BCUT2D eigenvalue weighted by atomic mass is 35.5. The molecule has 12 heavy (non-hydrogen) atoms. The first kappa shape index (κ1) is 9.77. The van der Waals surface area contributed by atoms with Crippen LogP contribution in [0, 0.1) is 0 Å². The minimum Gasteiger partial charge on any atom is -0.465 e. The Morgan fingerprint density at radius 2 is 2.58 bits per heavy atom. The van der Waals surface area contributed by atoms with Crippen LogP contribution in [0.2, 0.25) is 0 Å². The quantitative estimate of drug-likeness (QED) is 0.793. The molecule has 2 heterocycles. The van der Waals surface area contributed by atoms with E-state index in [2.05, 4.69) is 10.3 Å². The van der Waals surface area contributed by atoms with E-state index in [-0.39, 0.29) is 12.4 Å². The van der Waals surface area contributed by atoms with Crippen molar-refractivity contribution in [3.63, 3.8) is 0 Å². The molecule has 68 valence electrons. The first-order valence-electron chi connectivity index (χ1n) is 3.72. The number of halogens is 1. The molecule has 1 atom stereocenters. The minimum atomic E-state index is 0. The van der Waals surface area contributed by atoms with Crippen molar-refractivity contribution in [3.8, 4) is 5.19 Å². The molecule has 1 saturated heterocycles. The van der Waals surface area contributed by atoms with Gasteiger partial charge in [-0.15, -0.1) is 12.4 Å². The van der Waals surface area contributed by atoms with Crippen molar-refractivity contribution >= 4 is 23.7 Å². The van der Waals surface area contributed by atoms with Crippen LogP contribution in [0.5, 0.6) is 5.19 Å². The van der Waals surface area contributed by atoms with Gasteiger partial charge in [-0.2, -0.15) is 0 Å². The molecule has 0 aromatic carbocycles. The van der Waals surface area contributed by atoms with E-state index in [1.165, 1.54) is 0 Å². The second-order valence-electron chi connectivity index (χ2n) is 2.53. The molecule has 0 spiro atoms. The van der Waals surface area contributed by atoms with Crippen molar-refractivity contribution in [2.24, 2.45) is 0 Å². The Morgan fingerprint density at radius 1 is 1.67 bits per heavy atom. The lowest BCUT2D eigenvalue weighted by molar-refractivity contribution is 0.222. The van der Waals surface area contributed by atoms with Crippen molar-refractivity contribution in [2.75, 3.05) is 13.1 Å². The van der Waals surface area contributed by atoms with Gasteiger partial charge in [-0.05, 0) is 13.0 Å². The van der Waals surface area contributed by atoms with E-state index in [4.69, 9.17) is 4.74 Å². The number of hydrogen-bond donors (Lipinski definition) is 1. The topological polar surface area (TPSA) is 34.1 Å². The maximum absolute atomic E-state index is 5.56. The Balaban J connectivity index is 0.000000720. The first-order valence-corrected chi connectivity index (χ1v) is 4.60. The SMILES string of the molecule is Cl.c1csc(O[C@@H]2CCNC2)n1. The highest BCUT2D eigenvalue weighted by molar-refractivity contribution is 7.11. The first-order chi connectivity index (χ1) is 5.45. The normalized spacial score (nSPS) is 21.8. The summed E-state index contributed by atoms with van der Waals surface area (Å²) < 4.78 is 5.56. The molecule has 1 aliphatic rings. The predicted molar refractivity (Wildman–Crippen MR) is 51.3 cm³/mol. The summed E-state index contributed by atoms with van der Waals surface area (Å²) in [6, 6.07) is 0. The van der Waals surface area contributed by atoms with E-state index in [9.17, 15) is 0 Å². The van der Waals surface area contributed by atoms with Gasteiger partial charge in [0.2, 0.25) is 0 Å². The lowest BCUT2D eigenvalue weighted by Crippen LogP contribution is -2.19. The maximum atomic E-state index is 5.56. The zero-order chi connectivity index (χ0) is 7.52. The number of thiazole rings is 1. The highest BCUT2D eigenvalue weighted by Gasteiger charge is 2.16. The zero-order valence-corrected chi connectivity index (χ0v) is 8.16. The number of hydrogen-bond acceptors (Lipinski definition) is 4. The van der Waals surface area contributed by atoms with Gasteiger partial charge in [0.1, 0.15) is 6.10 Å². The molecule has 0 unspecified atom stereocenters. The van der Waals surface area contributed by atoms with Gasteiger partial charge >= 0.3 is 0 Å². The molecule has 1 aliphatic heterocycles. The van der Waals surface area contributed by atoms with Gasteiger partial charge in [0, 0.05) is 18.1 Å². The van der Waals surface area contributed by atoms with Crippen LogP contribution in [0.15, 0.2) is 11.6 Å². The van der Waals surface area contributed by atoms with E-state index in [1.807, 2.05) is 5.38 Å². The second kappa shape index (κ2) is 4.64. The third-order valence-corrected chi connectivity index (χ3v) is 2.35. The summed E-state index contributed by atoms with van der Waals surface area (Å²) in [5.74, 6) is 0. The average Bonchev–Trinajstić information content (AvgIpc) is 2.60. The molecular formula is C7H11ClN2OS. The molecule has 0 saturated carbocycles. The average molecular weight is 207 g/mol. The summed E-state index contributed by atoms with van der Waals surface area (Å²) in [4.78, 5) is 4.05. The van der Waals surface area contributed by atoms with Crippen molar-refractivity contribution in [3.05, 3.63) is 11.6 Å². The van der Waals surface area contributed by atoms with E-state index in [0.29, 0.717) is 6.10 Å². The Bertz CT molecular complexity index is 211. The van der Waals surface area contributed by atoms with Crippen molar-refractivity contribution in [1.82, 2.24) is 10.3 Å². The van der Waals surface area contributed by atoms with Gasteiger partial charge in [0.15, 0.2) is 0 Å². The van der Waals surface area contributed by atoms with Crippen molar-refractivity contribution < 1.29 is 4.74 Å². The zero-order valence-electron chi connectivity index (χ0n) is 6.53. The van der Waals surface area contributed by atoms with Crippen molar-refractivity contribution in [2.45, 2.75) is 12.5 Å². The van der Waals surface area contributed by atoms with E-state index in [1.54, 1.807) is 17.5 Å². The van der Waals surface area contributed by atoms with Gasteiger partial charge in [0.25, 0.3) is 5.19 Å². The molecule has 1 fully saturated rings. The lowest BCUT2D eigenvalue weighted by Gasteiger charge is -2.07. The highest BCUT2D eigenvalue weighted by Crippen LogP contribution is 2.17. The smallest absolute Gasteiger partial charge is 0.273 e. The van der Waals surface area contributed by atoms with Crippen LogP contribution in [0.3, 0.4) is 0 Å². The van der Waals surface area contributed by atoms with Crippen molar-refractivity contribution in [1.29, 1.82) is 0 Å². The van der Waals surface area contributed by atoms with Gasteiger partial charge in [-0.3, -0.25) is 0 Å². The molecule has 0 radical (unpaired) electrons. The third kappa shape index (κ3) is 2.33. The number of ether oxygens (including phenoxy) is 1. The summed E-state index contributed by atoms with van der Waals surface area (Å²) in [5, 5.41) is 5.96. The van der Waals surface area contributed by atoms with E-state index >= 15 is 0 Å². The van der Waals surface area contributed by atoms with E-state index < -0.39 is 0 Å². The summed E-state index contributed by atoms with van der Waals surface area (Å²) in [5.41, 5.74) is 0. The Labute approximate surface area is 81.6 Å². The fourth-order valence-corrected chi connectivity index (χ4v) is 1.69. The van der Waals surface area contributed by atoms with Crippen LogP contribution >= 0.6 is 23.7 Å². The summed E-state index contributed by atoms with van der Waals surface area (Å²) in [6.45, 7) is 2.02. The number of aromatic nitrogens is 1. The molecule has 2 rings (SSSR count). The number of rotatable bonds is 2. The van der Waals surface area contributed by atoms with Crippen LogP contribution in [0.25, 0.3) is 0 Å². The Morgan fingerprint density at radius 3 is 3.17 bits per heavy atom. The largest absolute Gasteiger partial charge is 0.465 e. The maximum Gasteiger partial charge on any atom is 0.273 e. The van der Waals surface area contributed by atoms with Gasteiger partial charge in [-0.1, -0.05) is 11.3 Å². The number of nitrogens with zero attached hydrogens (tertiary/aromatic N) is 1. The third-order valence-electron chi connectivity index (χ3n) is 1.69. The summed E-state index contributed by atoms with van der Waals surface area (Å²) >= 11 is 1.55. The molecular weight excluding hydrogens is 196 g/mol. The van der Waals surface area contributed by atoms with Gasteiger partial charge in [-0.25, -0.2) is 4.98 Å². The predicted octanol–water partition coefficient (Wildman–Crippen LogP) is 1.31. The monoisotopic (exact) mass is 206 g/mol. The van der Waals surface area contributed by atoms with Gasteiger partial charge < -0.3 is 10.1 Å². The lowest BCUT2D eigenvalue weighted by atomic mass is 10.3. The summed E-state index contributed by atoms with van der Waals surface area (Å²) in [6.07, 6.45) is 3.20. The van der Waals surface area contributed by atoms with Crippen LogP contribution < -0.4 is 10.1 Å². The molecule has 1 aromatic rings. The standard InChI is InChI=1S/C7H10N2OS.ClH/c1-2-8-5-6(1)10-7-9-3-4-11-7;/h3-4,6,8H,1-2,5H2;1H/t6-;/m1./s1. The van der Waals surface area contributed by atoms with Crippen LogP contribution in [-0.4, -0.2) is 24.2 Å². The fraction of sp³-hybridized carbons (Fsp3) is 0.571. The van der Waals surface area contributed by atoms with E-state index in [0.717, 1.165) is 24.7 Å².